The molecular formula is C18H22Cl2N6O2. The lowest BCUT2D eigenvalue weighted by atomic mass is 10.2. The second-order valence-corrected chi connectivity index (χ2v) is 7.45. The summed E-state index contributed by atoms with van der Waals surface area (Å²) in [5, 5.41) is 10.9. The molecule has 0 spiro atoms. The van der Waals surface area contributed by atoms with Gasteiger partial charge in [-0.2, -0.15) is 5.10 Å². The molecule has 0 radical (unpaired) electrons. The number of rotatable bonds is 9. The monoisotopic (exact) mass is 424 g/mol. The number of halogens is 2. The van der Waals surface area contributed by atoms with E-state index in [1.165, 1.54) is 6.20 Å². The van der Waals surface area contributed by atoms with Crippen LogP contribution in [0.3, 0.4) is 0 Å². The Morgan fingerprint density at radius 3 is 2.86 bits per heavy atom. The summed E-state index contributed by atoms with van der Waals surface area (Å²) >= 11 is 12.1. The average molecular weight is 425 g/mol. The molecule has 0 saturated carbocycles. The molecule has 3 N–H and O–H groups in total. The van der Waals surface area contributed by atoms with Crippen molar-refractivity contribution in [2.75, 3.05) is 27.2 Å². The minimum Gasteiger partial charge on any atom is -0.362 e. The molecule has 0 unspecified atom stereocenters. The number of fused-ring (bicyclic) bond motifs is 1. The summed E-state index contributed by atoms with van der Waals surface area (Å²) in [6.45, 7) is 1.83. The highest BCUT2D eigenvalue weighted by molar-refractivity contribution is 6.42. The van der Waals surface area contributed by atoms with Gasteiger partial charge in [0.1, 0.15) is 23.1 Å². The number of likely N-dealkylation sites (N-methyl/N-ethyl adjacent to an activating group) is 1. The highest BCUT2D eigenvalue weighted by Gasteiger charge is 2.14. The molecule has 28 heavy (non-hydrogen) atoms. The summed E-state index contributed by atoms with van der Waals surface area (Å²) in [7, 11) is 3.96. The Morgan fingerprint density at radius 2 is 2.11 bits per heavy atom. The molecule has 2 heterocycles. The zero-order chi connectivity index (χ0) is 20.1. The summed E-state index contributed by atoms with van der Waals surface area (Å²) in [5.74, 6) is 0.524. The second-order valence-electron chi connectivity index (χ2n) is 6.64. The lowest BCUT2D eigenvalue weighted by Gasteiger charge is -2.20. The van der Waals surface area contributed by atoms with Crippen molar-refractivity contribution in [3.8, 4) is 0 Å². The van der Waals surface area contributed by atoms with Crippen LogP contribution in [-0.2, 0) is 17.7 Å². The average Bonchev–Trinajstić information content (AvgIpc) is 3.11. The van der Waals surface area contributed by atoms with E-state index in [9.17, 15) is 4.79 Å². The van der Waals surface area contributed by atoms with Gasteiger partial charge in [-0.1, -0.05) is 29.3 Å². The maximum Gasteiger partial charge on any atom is 0.276 e. The summed E-state index contributed by atoms with van der Waals surface area (Å²) in [6.07, 6.45) is 1.58. The largest absolute Gasteiger partial charge is 0.362 e. The van der Waals surface area contributed by atoms with Crippen LogP contribution in [0.15, 0.2) is 29.2 Å². The number of benzene rings is 1. The lowest BCUT2D eigenvalue weighted by molar-refractivity contribution is 0.0202. The highest BCUT2D eigenvalue weighted by atomic mass is 35.5. The smallest absolute Gasteiger partial charge is 0.276 e. The summed E-state index contributed by atoms with van der Waals surface area (Å²) in [4.78, 5) is 21.4. The van der Waals surface area contributed by atoms with Gasteiger partial charge in [-0.15, -0.1) is 0 Å². The molecule has 0 aliphatic carbocycles. The molecule has 0 amide bonds. The maximum atomic E-state index is 12.1. The molecule has 3 rings (SSSR count). The van der Waals surface area contributed by atoms with E-state index < -0.39 is 0 Å². The van der Waals surface area contributed by atoms with E-state index in [2.05, 4.69) is 25.5 Å². The predicted octanol–water partition coefficient (Wildman–Crippen LogP) is 2.19. The van der Waals surface area contributed by atoms with Gasteiger partial charge in [0.05, 0.1) is 22.8 Å². The van der Waals surface area contributed by atoms with E-state index in [1.54, 1.807) is 6.07 Å². The normalized spacial score (nSPS) is 12.8. The van der Waals surface area contributed by atoms with E-state index in [1.807, 2.05) is 31.1 Å². The molecular weight excluding hydrogens is 403 g/mol. The van der Waals surface area contributed by atoms with Crippen LogP contribution in [-0.4, -0.2) is 58.5 Å². The Kier molecular flexibility index (Phi) is 7.03. The Hall–Kier alpha value is -1.97. The molecule has 3 aromatic rings. The number of nitrogens with one attached hydrogen (secondary N) is 3. The van der Waals surface area contributed by atoms with Crippen LogP contribution in [0.5, 0.6) is 0 Å². The zero-order valence-corrected chi connectivity index (χ0v) is 17.1. The van der Waals surface area contributed by atoms with Gasteiger partial charge in [0.25, 0.3) is 5.56 Å². The van der Waals surface area contributed by atoms with Gasteiger partial charge in [-0.25, -0.2) is 4.98 Å². The number of H-pyrrole nitrogens is 2. The van der Waals surface area contributed by atoms with Gasteiger partial charge in [0.2, 0.25) is 0 Å². The number of ether oxygens (including phenoxy) is 1. The Labute approximate surface area is 172 Å². The first-order chi connectivity index (χ1) is 13.4. The van der Waals surface area contributed by atoms with Crippen molar-refractivity contribution in [2.24, 2.45) is 0 Å². The van der Waals surface area contributed by atoms with Crippen LogP contribution < -0.4 is 10.9 Å². The number of hydrogen-bond acceptors (Lipinski definition) is 6. The molecule has 0 bridgehead atoms. The summed E-state index contributed by atoms with van der Waals surface area (Å²) < 4.78 is 5.97. The predicted molar refractivity (Wildman–Crippen MR) is 110 cm³/mol. The van der Waals surface area contributed by atoms with Gasteiger partial charge in [-0.05, 0) is 31.8 Å². The van der Waals surface area contributed by atoms with Crippen LogP contribution >= 0.6 is 23.2 Å². The van der Waals surface area contributed by atoms with Crippen molar-refractivity contribution in [1.29, 1.82) is 0 Å². The third-order valence-corrected chi connectivity index (χ3v) is 4.85. The lowest BCUT2D eigenvalue weighted by Crippen LogP contribution is -2.36. The van der Waals surface area contributed by atoms with E-state index in [0.29, 0.717) is 46.5 Å². The van der Waals surface area contributed by atoms with Crippen LogP contribution in [0.2, 0.25) is 10.0 Å². The van der Waals surface area contributed by atoms with Crippen LogP contribution in [0.25, 0.3) is 11.0 Å². The van der Waals surface area contributed by atoms with Crippen molar-refractivity contribution >= 4 is 34.2 Å². The zero-order valence-electron chi connectivity index (χ0n) is 15.6. The molecule has 10 heteroatoms. The Morgan fingerprint density at radius 1 is 1.29 bits per heavy atom. The molecule has 0 saturated heterocycles. The minimum atomic E-state index is -0.345. The first-order valence-corrected chi connectivity index (χ1v) is 9.54. The second kappa shape index (κ2) is 9.49. The molecule has 1 aromatic carbocycles. The van der Waals surface area contributed by atoms with Gasteiger partial charge >= 0.3 is 0 Å². The molecule has 150 valence electrons. The fraction of sp³-hybridized carbons (Fsp3) is 0.389. The fourth-order valence-corrected chi connectivity index (χ4v) is 2.94. The molecule has 2 aromatic heterocycles. The van der Waals surface area contributed by atoms with E-state index in [0.717, 1.165) is 12.1 Å². The van der Waals surface area contributed by atoms with E-state index in [-0.39, 0.29) is 11.8 Å². The first kappa shape index (κ1) is 20.8. The highest BCUT2D eigenvalue weighted by Crippen LogP contribution is 2.22. The number of aromatic nitrogens is 4. The van der Waals surface area contributed by atoms with Gasteiger partial charge < -0.3 is 14.6 Å². The number of nitrogens with zero attached hydrogens (tertiary/aromatic N) is 3. The Balaban J connectivity index is 1.71. The first-order valence-electron chi connectivity index (χ1n) is 8.78. The summed E-state index contributed by atoms with van der Waals surface area (Å²) in [6, 6.07) is 5.47. The van der Waals surface area contributed by atoms with Gasteiger partial charge in [-0.3, -0.25) is 15.2 Å². The van der Waals surface area contributed by atoms with Crippen molar-refractivity contribution in [3.63, 3.8) is 0 Å². The minimum absolute atomic E-state index is 0.256. The van der Waals surface area contributed by atoms with Crippen LogP contribution in [0, 0.1) is 0 Å². The summed E-state index contributed by atoms with van der Waals surface area (Å²) in [5.41, 5.74) is 1.60. The van der Waals surface area contributed by atoms with E-state index >= 15 is 0 Å². The van der Waals surface area contributed by atoms with Gasteiger partial charge in [0, 0.05) is 19.5 Å². The fourth-order valence-electron chi connectivity index (χ4n) is 2.62. The molecule has 0 aliphatic heterocycles. The molecule has 1 atom stereocenters. The van der Waals surface area contributed by atoms with Crippen molar-refractivity contribution in [3.05, 3.63) is 56.2 Å². The third kappa shape index (κ3) is 5.52. The molecule has 8 nitrogen and oxygen atoms in total. The molecule has 0 fully saturated rings. The molecule has 0 aliphatic rings. The topological polar surface area (TPSA) is 98.9 Å². The maximum absolute atomic E-state index is 12.1. The van der Waals surface area contributed by atoms with Crippen molar-refractivity contribution < 1.29 is 4.74 Å². The quantitative estimate of drug-likeness (QED) is 0.455. The SMILES string of the molecule is CN(C)CCO[C@@H](Cc1nc2cn[nH]c2c(=O)[nH]1)NCc1ccc(Cl)c(Cl)c1. The third-order valence-electron chi connectivity index (χ3n) is 4.11. The van der Waals surface area contributed by atoms with Crippen LogP contribution in [0.1, 0.15) is 11.4 Å². The number of aromatic amines is 2. The van der Waals surface area contributed by atoms with Gasteiger partial charge in [0.15, 0.2) is 0 Å². The van der Waals surface area contributed by atoms with E-state index in [4.69, 9.17) is 27.9 Å². The van der Waals surface area contributed by atoms with Crippen LogP contribution in [0.4, 0.5) is 0 Å². The number of hydrogen-bond donors (Lipinski definition) is 3. The Bertz CT molecular complexity index is 988. The van der Waals surface area contributed by atoms with Crippen molar-refractivity contribution in [2.45, 2.75) is 19.2 Å². The standard InChI is InChI=1S/C18H22Cl2N6O2/c1-26(2)5-6-28-16(21-9-11-3-4-12(19)13(20)7-11)8-15-23-14-10-22-25-17(14)18(27)24-15/h3-4,7,10,16,21H,5-6,8-9H2,1-2H3,(H,22,25)(H,23,24,27)/t16-/m0/s1. The van der Waals surface area contributed by atoms with Crippen molar-refractivity contribution in [1.82, 2.24) is 30.4 Å².